The first-order valence-electron chi connectivity index (χ1n) is 5.72. The van der Waals surface area contributed by atoms with Crippen LogP contribution in [0.1, 0.15) is 25.7 Å². The predicted octanol–water partition coefficient (Wildman–Crippen LogP) is 1.58. The molecule has 2 rings (SSSR count). The molecular weight excluding hydrogens is 262 g/mol. The molecule has 1 aliphatic rings. The summed E-state index contributed by atoms with van der Waals surface area (Å²) in [5, 5.41) is 0.148. The average molecular weight is 278 g/mol. The minimum Gasteiger partial charge on any atom is -0.335 e. The van der Waals surface area contributed by atoms with Crippen molar-refractivity contribution in [1.29, 1.82) is 0 Å². The third kappa shape index (κ3) is 2.64. The summed E-state index contributed by atoms with van der Waals surface area (Å²) >= 11 is 5.88. The molecule has 17 heavy (non-hydrogen) atoms. The van der Waals surface area contributed by atoms with Gasteiger partial charge in [0.1, 0.15) is 0 Å². The van der Waals surface area contributed by atoms with Crippen LogP contribution in [0.25, 0.3) is 0 Å². The maximum atomic E-state index is 12.4. The standard InChI is InChI=1S/C10H16ClN3O2S/c11-6-9-4-2-1-3-5-14(9)17(15,16)10-7-12-8-13-10/h7-9H,1-6H2,(H,12,13). The lowest BCUT2D eigenvalue weighted by atomic mass is 10.1. The van der Waals surface area contributed by atoms with Gasteiger partial charge in [0.25, 0.3) is 10.0 Å². The number of hydrogen-bond donors (Lipinski definition) is 1. The number of halogens is 1. The summed E-state index contributed by atoms with van der Waals surface area (Å²) in [7, 11) is -3.47. The Morgan fingerprint density at radius 1 is 1.47 bits per heavy atom. The molecule has 1 aromatic heterocycles. The van der Waals surface area contributed by atoms with Gasteiger partial charge in [-0.1, -0.05) is 12.8 Å². The molecule has 1 unspecified atom stereocenters. The number of nitrogens with zero attached hydrogens (tertiary/aromatic N) is 2. The number of sulfonamides is 1. The summed E-state index contributed by atoms with van der Waals surface area (Å²) in [4.78, 5) is 6.42. The van der Waals surface area contributed by atoms with Crippen LogP contribution in [0.15, 0.2) is 17.6 Å². The van der Waals surface area contributed by atoms with Gasteiger partial charge in [-0.3, -0.25) is 0 Å². The van der Waals surface area contributed by atoms with Gasteiger partial charge in [0, 0.05) is 18.5 Å². The van der Waals surface area contributed by atoms with Crippen molar-refractivity contribution in [3.05, 3.63) is 12.5 Å². The van der Waals surface area contributed by atoms with Gasteiger partial charge in [0.15, 0.2) is 5.03 Å². The molecule has 0 aliphatic carbocycles. The molecule has 1 saturated heterocycles. The van der Waals surface area contributed by atoms with Crippen LogP contribution in [-0.2, 0) is 10.0 Å². The van der Waals surface area contributed by atoms with Gasteiger partial charge in [0.2, 0.25) is 0 Å². The lowest BCUT2D eigenvalue weighted by Gasteiger charge is -2.26. The fourth-order valence-corrected chi connectivity index (χ4v) is 4.12. The largest absolute Gasteiger partial charge is 0.335 e. The van der Waals surface area contributed by atoms with E-state index < -0.39 is 10.0 Å². The zero-order valence-electron chi connectivity index (χ0n) is 9.47. The highest BCUT2D eigenvalue weighted by Crippen LogP contribution is 2.24. The highest BCUT2D eigenvalue weighted by atomic mass is 35.5. The van der Waals surface area contributed by atoms with E-state index in [1.807, 2.05) is 0 Å². The van der Waals surface area contributed by atoms with E-state index in [-0.39, 0.29) is 11.1 Å². The first-order valence-corrected chi connectivity index (χ1v) is 7.70. The molecule has 0 spiro atoms. The van der Waals surface area contributed by atoms with E-state index in [4.69, 9.17) is 11.6 Å². The normalized spacial score (nSPS) is 23.5. The molecule has 0 radical (unpaired) electrons. The van der Waals surface area contributed by atoms with Crippen LogP contribution in [0.2, 0.25) is 0 Å². The van der Waals surface area contributed by atoms with E-state index in [1.165, 1.54) is 16.8 Å². The smallest absolute Gasteiger partial charge is 0.260 e. The summed E-state index contributed by atoms with van der Waals surface area (Å²) in [6.07, 6.45) is 6.53. The quantitative estimate of drug-likeness (QED) is 0.853. The molecule has 5 nitrogen and oxygen atoms in total. The topological polar surface area (TPSA) is 66.1 Å². The summed E-state index contributed by atoms with van der Waals surface area (Å²) in [6, 6.07) is -0.104. The second kappa shape index (κ2) is 5.37. The van der Waals surface area contributed by atoms with Crippen molar-refractivity contribution in [2.75, 3.05) is 12.4 Å². The van der Waals surface area contributed by atoms with Crippen LogP contribution in [0, 0.1) is 0 Å². The van der Waals surface area contributed by atoms with Crippen LogP contribution < -0.4 is 0 Å². The zero-order valence-corrected chi connectivity index (χ0v) is 11.0. The van der Waals surface area contributed by atoms with Gasteiger partial charge >= 0.3 is 0 Å². The first kappa shape index (κ1) is 12.9. The van der Waals surface area contributed by atoms with Crippen LogP contribution >= 0.6 is 11.6 Å². The second-order valence-electron chi connectivity index (χ2n) is 4.19. The maximum absolute atomic E-state index is 12.4. The molecule has 0 saturated carbocycles. The van der Waals surface area contributed by atoms with Crippen molar-refractivity contribution in [3.63, 3.8) is 0 Å². The van der Waals surface area contributed by atoms with Crippen molar-refractivity contribution >= 4 is 21.6 Å². The van der Waals surface area contributed by atoms with E-state index in [2.05, 4.69) is 9.97 Å². The number of aromatic amines is 1. The molecule has 1 aliphatic heterocycles. The zero-order chi connectivity index (χ0) is 12.3. The number of imidazole rings is 1. The molecule has 0 amide bonds. The van der Waals surface area contributed by atoms with Crippen LogP contribution in [-0.4, -0.2) is 41.2 Å². The molecule has 1 N–H and O–H groups in total. The number of hydrogen-bond acceptors (Lipinski definition) is 3. The van der Waals surface area contributed by atoms with E-state index >= 15 is 0 Å². The molecule has 1 aromatic rings. The van der Waals surface area contributed by atoms with Gasteiger partial charge in [-0.15, -0.1) is 11.6 Å². The fraction of sp³-hybridized carbons (Fsp3) is 0.700. The minimum atomic E-state index is -3.47. The summed E-state index contributed by atoms with van der Waals surface area (Å²) in [6.45, 7) is 0.540. The van der Waals surface area contributed by atoms with Gasteiger partial charge in [0.05, 0.1) is 12.5 Å². The van der Waals surface area contributed by atoms with Gasteiger partial charge in [-0.25, -0.2) is 13.4 Å². The number of aromatic nitrogens is 2. The van der Waals surface area contributed by atoms with E-state index in [9.17, 15) is 8.42 Å². The van der Waals surface area contributed by atoms with Crippen molar-refractivity contribution in [2.45, 2.75) is 36.8 Å². The number of alkyl halides is 1. The van der Waals surface area contributed by atoms with E-state index in [1.54, 1.807) is 0 Å². The third-order valence-electron chi connectivity index (χ3n) is 3.06. The Morgan fingerprint density at radius 2 is 2.29 bits per heavy atom. The monoisotopic (exact) mass is 277 g/mol. The van der Waals surface area contributed by atoms with Crippen LogP contribution in [0.3, 0.4) is 0 Å². The fourth-order valence-electron chi connectivity index (χ4n) is 2.13. The van der Waals surface area contributed by atoms with Crippen molar-refractivity contribution in [3.8, 4) is 0 Å². The van der Waals surface area contributed by atoms with Crippen LogP contribution in [0.4, 0.5) is 0 Å². The molecule has 0 bridgehead atoms. The Kier molecular flexibility index (Phi) is 4.06. The van der Waals surface area contributed by atoms with Gasteiger partial charge in [-0.05, 0) is 12.8 Å². The number of rotatable bonds is 3. The minimum absolute atomic E-state index is 0.104. The Hall–Kier alpha value is -0.590. The Balaban J connectivity index is 2.29. The average Bonchev–Trinajstić information content (AvgIpc) is 2.74. The highest BCUT2D eigenvalue weighted by Gasteiger charge is 2.32. The molecule has 7 heteroatoms. The van der Waals surface area contributed by atoms with E-state index in [0.717, 1.165) is 25.7 Å². The molecule has 1 atom stereocenters. The third-order valence-corrected chi connectivity index (χ3v) is 5.29. The van der Waals surface area contributed by atoms with Crippen LogP contribution in [0.5, 0.6) is 0 Å². The first-order chi connectivity index (χ1) is 8.16. The van der Waals surface area contributed by atoms with Gasteiger partial charge in [-0.2, -0.15) is 4.31 Å². The van der Waals surface area contributed by atoms with Crippen molar-refractivity contribution < 1.29 is 8.42 Å². The second-order valence-corrected chi connectivity index (χ2v) is 6.36. The van der Waals surface area contributed by atoms with Crippen molar-refractivity contribution in [1.82, 2.24) is 14.3 Å². The Labute approximate surface area is 106 Å². The molecule has 2 heterocycles. The Morgan fingerprint density at radius 3 is 2.94 bits per heavy atom. The molecular formula is C10H16ClN3O2S. The number of H-pyrrole nitrogens is 1. The highest BCUT2D eigenvalue weighted by molar-refractivity contribution is 7.89. The lowest BCUT2D eigenvalue weighted by Crippen LogP contribution is -2.41. The summed E-state index contributed by atoms with van der Waals surface area (Å²) in [5.41, 5.74) is 0. The predicted molar refractivity (Wildman–Crippen MR) is 65.5 cm³/mol. The van der Waals surface area contributed by atoms with E-state index in [0.29, 0.717) is 12.4 Å². The number of nitrogens with one attached hydrogen (secondary N) is 1. The Bertz CT molecular complexity index is 446. The molecule has 1 fully saturated rings. The molecule has 96 valence electrons. The lowest BCUT2D eigenvalue weighted by molar-refractivity contribution is 0.344. The SMILES string of the molecule is O=S(=O)(c1cnc[nH]1)N1CCCCCC1CCl. The summed E-state index contributed by atoms with van der Waals surface area (Å²) < 4.78 is 26.2. The summed E-state index contributed by atoms with van der Waals surface area (Å²) in [5.74, 6) is 0.341. The van der Waals surface area contributed by atoms with Crippen molar-refractivity contribution in [2.24, 2.45) is 0 Å². The maximum Gasteiger partial charge on any atom is 0.260 e. The van der Waals surface area contributed by atoms with Gasteiger partial charge < -0.3 is 4.98 Å². The molecule has 0 aromatic carbocycles.